The van der Waals surface area contributed by atoms with Crippen LogP contribution in [0.1, 0.15) is 51.9 Å². The first kappa shape index (κ1) is 14.8. The highest BCUT2D eigenvalue weighted by Gasteiger charge is 2.38. The summed E-state index contributed by atoms with van der Waals surface area (Å²) in [7, 11) is 1.58. The van der Waals surface area contributed by atoms with Crippen molar-refractivity contribution in [1.82, 2.24) is 4.90 Å². The molecule has 0 aromatic carbocycles. The standard InChI is InChI=1S/C15H27NO3/c1-11(19-2)15(18)16-10-6-5-8-13(16)12-7-3-4-9-14(12)17/h11-14,17H,3-10H2,1-2H3. The van der Waals surface area contributed by atoms with E-state index >= 15 is 0 Å². The van der Waals surface area contributed by atoms with Gasteiger partial charge in [0.25, 0.3) is 5.91 Å². The lowest BCUT2D eigenvalue weighted by atomic mass is 9.78. The molecule has 1 heterocycles. The van der Waals surface area contributed by atoms with Gasteiger partial charge in [-0.3, -0.25) is 4.79 Å². The van der Waals surface area contributed by atoms with E-state index in [-0.39, 0.29) is 30.1 Å². The number of ether oxygens (including phenoxy) is 1. The van der Waals surface area contributed by atoms with Gasteiger partial charge in [-0.25, -0.2) is 0 Å². The first-order valence-electron chi connectivity index (χ1n) is 7.66. The van der Waals surface area contributed by atoms with Crippen LogP contribution in [0.4, 0.5) is 0 Å². The summed E-state index contributed by atoms with van der Waals surface area (Å²) in [6.45, 7) is 2.63. The fraction of sp³-hybridized carbons (Fsp3) is 0.933. The Bertz CT molecular complexity index is 308. The second kappa shape index (κ2) is 6.71. The monoisotopic (exact) mass is 269 g/mol. The number of nitrogens with zero attached hydrogens (tertiary/aromatic N) is 1. The summed E-state index contributed by atoms with van der Waals surface area (Å²) in [5.74, 6) is 0.354. The summed E-state index contributed by atoms with van der Waals surface area (Å²) in [6, 6.07) is 0.217. The third-order valence-electron chi connectivity index (χ3n) is 4.81. The van der Waals surface area contributed by atoms with E-state index in [1.54, 1.807) is 7.11 Å². The van der Waals surface area contributed by atoms with Gasteiger partial charge in [0.05, 0.1) is 6.10 Å². The lowest BCUT2D eigenvalue weighted by molar-refractivity contribution is -0.148. The average Bonchev–Trinajstić information content (AvgIpc) is 2.46. The van der Waals surface area contributed by atoms with Crippen molar-refractivity contribution in [3.8, 4) is 0 Å². The maximum Gasteiger partial charge on any atom is 0.251 e. The zero-order valence-corrected chi connectivity index (χ0v) is 12.2. The first-order chi connectivity index (χ1) is 9.15. The third kappa shape index (κ3) is 3.29. The van der Waals surface area contributed by atoms with Gasteiger partial charge in [-0.15, -0.1) is 0 Å². The predicted octanol–water partition coefficient (Wildman–Crippen LogP) is 1.95. The van der Waals surface area contributed by atoms with Gasteiger partial charge in [0, 0.05) is 25.6 Å². The Morgan fingerprint density at radius 1 is 1.21 bits per heavy atom. The number of rotatable bonds is 3. The van der Waals surface area contributed by atoms with Crippen molar-refractivity contribution in [1.29, 1.82) is 0 Å². The number of carbonyl (C=O) groups excluding carboxylic acids is 1. The number of aliphatic hydroxyl groups is 1. The van der Waals surface area contributed by atoms with E-state index in [1.165, 1.54) is 12.8 Å². The molecule has 1 N–H and O–H groups in total. The number of carbonyl (C=O) groups is 1. The molecule has 4 unspecified atom stereocenters. The first-order valence-corrected chi connectivity index (χ1v) is 7.66. The molecule has 19 heavy (non-hydrogen) atoms. The Balaban J connectivity index is 2.08. The summed E-state index contributed by atoms with van der Waals surface area (Å²) in [5.41, 5.74) is 0. The largest absolute Gasteiger partial charge is 0.393 e. The van der Waals surface area contributed by atoms with Gasteiger partial charge in [0.2, 0.25) is 0 Å². The van der Waals surface area contributed by atoms with Crippen molar-refractivity contribution < 1.29 is 14.6 Å². The Labute approximate surface area is 116 Å². The number of piperidine rings is 1. The molecule has 4 atom stereocenters. The third-order valence-corrected chi connectivity index (χ3v) is 4.81. The molecular formula is C15H27NO3. The van der Waals surface area contributed by atoms with Crippen LogP contribution in [0, 0.1) is 5.92 Å². The SMILES string of the molecule is COC(C)C(=O)N1CCCCC1C1CCCCC1O. The zero-order valence-electron chi connectivity index (χ0n) is 12.2. The minimum absolute atomic E-state index is 0.0879. The van der Waals surface area contributed by atoms with E-state index in [2.05, 4.69) is 0 Å². The van der Waals surface area contributed by atoms with Gasteiger partial charge in [0.1, 0.15) is 6.10 Å². The molecular weight excluding hydrogens is 242 g/mol. The van der Waals surface area contributed by atoms with E-state index in [1.807, 2.05) is 11.8 Å². The lowest BCUT2D eigenvalue weighted by Crippen LogP contribution is -2.53. The Morgan fingerprint density at radius 3 is 2.58 bits per heavy atom. The molecule has 1 amide bonds. The quantitative estimate of drug-likeness (QED) is 0.852. The van der Waals surface area contributed by atoms with E-state index in [0.717, 1.165) is 38.6 Å². The Hall–Kier alpha value is -0.610. The molecule has 2 rings (SSSR count). The average molecular weight is 269 g/mol. The molecule has 1 saturated carbocycles. The van der Waals surface area contributed by atoms with Crippen molar-refractivity contribution in [3.05, 3.63) is 0 Å². The molecule has 4 nitrogen and oxygen atoms in total. The highest BCUT2D eigenvalue weighted by atomic mass is 16.5. The lowest BCUT2D eigenvalue weighted by Gasteiger charge is -2.44. The van der Waals surface area contributed by atoms with Crippen molar-refractivity contribution in [3.63, 3.8) is 0 Å². The van der Waals surface area contributed by atoms with Crippen LogP contribution in [0.5, 0.6) is 0 Å². The normalized spacial score (nSPS) is 34.1. The van der Waals surface area contributed by atoms with Gasteiger partial charge >= 0.3 is 0 Å². The van der Waals surface area contributed by atoms with Crippen LogP contribution in [0.15, 0.2) is 0 Å². The molecule has 2 fully saturated rings. The molecule has 4 heteroatoms. The van der Waals surface area contributed by atoms with Gasteiger partial charge in [-0.05, 0) is 39.0 Å². The minimum atomic E-state index is -0.374. The summed E-state index contributed by atoms with van der Waals surface area (Å²) in [4.78, 5) is 14.4. The summed E-state index contributed by atoms with van der Waals surface area (Å²) in [5, 5.41) is 10.2. The number of hydrogen-bond acceptors (Lipinski definition) is 3. The van der Waals surface area contributed by atoms with Crippen LogP contribution >= 0.6 is 0 Å². The molecule has 0 bridgehead atoms. The molecule has 110 valence electrons. The van der Waals surface area contributed by atoms with Crippen molar-refractivity contribution in [2.24, 2.45) is 5.92 Å². The zero-order chi connectivity index (χ0) is 13.8. The van der Waals surface area contributed by atoms with E-state index in [4.69, 9.17) is 4.74 Å². The number of methoxy groups -OCH3 is 1. The number of hydrogen-bond donors (Lipinski definition) is 1. The van der Waals surface area contributed by atoms with Crippen molar-refractivity contribution >= 4 is 5.91 Å². The molecule has 0 radical (unpaired) electrons. The van der Waals surface area contributed by atoms with E-state index in [9.17, 15) is 9.90 Å². The van der Waals surface area contributed by atoms with Gasteiger partial charge in [-0.2, -0.15) is 0 Å². The van der Waals surface area contributed by atoms with Crippen LogP contribution in [-0.2, 0) is 9.53 Å². The van der Waals surface area contributed by atoms with Crippen molar-refractivity contribution in [2.75, 3.05) is 13.7 Å². The second-order valence-corrected chi connectivity index (χ2v) is 5.99. The van der Waals surface area contributed by atoms with Crippen molar-refractivity contribution in [2.45, 2.75) is 70.1 Å². The summed E-state index contributed by atoms with van der Waals surface area (Å²) >= 11 is 0. The topological polar surface area (TPSA) is 49.8 Å². The fourth-order valence-corrected chi connectivity index (χ4v) is 3.60. The fourth-order valence-electron chi connectivity index (χ4n) is 3.60. The maximum atomic E-state index is 12.4. The Kier molecular flexibility index (Phi) is 5.22. The van der Waals surface area contributed by atoms with Crippen LogP contribution in [-0.4, -0.2) is 47.8 Å². The van der Waals surface area contributed by atoms with Crippen LogP contribution in [0.2, 0.25) is 0 Å². The maximum absolute atomic E-state index is 12.4. The van der Waals surface area contributed by atoms with E-state index < -0.39 is 0 Å². The predicted molar refractivity (Wildman–Crippen MR) is 73.8 cm³/mol. The highest BCUT2D eigenvalue weighted by molar-refractivity contribution is 5.81. The summed E-state index contributed by atoms with van der Waals surface area (Å²) < 4.78 is 5.17. The van der Waals surface area contributed by atoms with Crippen LogP contribution < -0.4 is 0 Å². The smallest absolute Gasteiger partial charge is 0.251 e. The molecule has 0 spiro atoms. The van der Waals surface area contributed by atoms with Gasteiger partial charge in [0.15, 0.2) is 0 Å². The number of likely N-dealkylation sites (tertiary alicyclic amines) is 1. The summed E-state index contributed by atoms with van der Waals surface area (Å²) in [6.07, 6.45) is 6.91. The molecule has 1 aliphatic carbocycles. The minimum Gasteiger partial charge on any atom is -0.393 e. The van der Waals surface area contributed by atoms with Gasteiger partial charge < -0.3 is 14.7 Å². The molecule has 2 aliphatic rings. The molecule has 1 aliphatic heterocycles. The number of amides is 1. The van der Waals surface area contributed by atoms with Crippen LogP contribution in [0.25, 0.3) is 0 Å². The molecule has 1 saturated heterocycles. The van der Waals surface area contributed by atoms with Crippen LogP contribution in [0.3, 0.4) is 0 Å². The molecule has 0 aromatic heterocycles. The second-order valence-electron chi connectivity index (χ2n) is 5.99. The number of aliphatic hydroxyl groups excluding tert-OH is 1. The highest BCUT2D eigenvalue weighted by Crippen LogP contribution is 2.34. The van der Waals surface area contributed by atoms with Gasteiger partial charge in [-0.1, -0.05) is 12.8 Å². The van der Waals surface area contributed by atoms with E-state index in [0.29, 0.717) is 0 Å². The Morgan fingerprint density at radius 2 is 1.89 bits per heavy atom. The molecule has 0 aromatic rings.